The largest absolute Gasteiger partial charge is 0.334 e. The molecule has 2 aromatic heterocycles. The number of halogens is 1. The second kappa shape index (κ2) is 6.96. The van der Waals surface area contributed by atoms with Crippen LogP contribution in [0.2, 0.25) is 5.02 Å². The third-order valence-corrected chi connectivity index (χ3v) is 7.67. The highest BCUT2D eigenvalue weighted by Gasteiger charge is 2.51. The van der Waals surface area contributed by atoms with Crippen LogP contribution in [0.25, 0.3) is 16.3 Å². The molecule has 4 nitrogen and oxygen atoms in total. The van der Waals surface area contributed by atoms with E-state index in [1.165, 1.54) is 0 Å². The average molecular weight is 440 g/mol. The Bertz CT molecular complexity index is 1100. The molecule has 30 heavy (non-hydrogen) atoms. The maximum atomic E-state index is 13.9. The minimum atomic E-state index is 0.0525. The summed E-state index contributed by atoms with van der Waals surface area (Å²) in [6.07, 6.45) is 3.29. The molecule has 2 fully saturated rings. The van der Waals surface area contributed by atoms with E-state index in [1.807, 2.05) is 47.8 Å². The Hall–Kier alpha value is -2.11. The van der Waals surface area contributed by atoms with Gasteiger partial charge in [0.2, 0.25) is 0 Å². The summed E-state index contributed by atoms with van der Waals surface area (Å²) in [5.41, 5.74) is 2.58. The molecule has 2 aliphatic rings. The Labute approximate surface area is 186 Å². The summed E-state index contributed by atoms with van der Waals surface area (Å²) in [5, 5.41) is 7.41. The van der Waals surface area contributed by atoms with Gasteiger partial charge in [0.25, 0.3) is 5.91 Å². The Kier molecular flexibility index (Phi) is 4.60. The van der Waals surface area contributed by atoms with Gasteiger partial charge >= 0.3 is 0 Å². The van der Waals surface area contributed by atoms with Gasteiger partial charge in [0, 0.05) is 12.6 Å². The van der Waals surface area contributed by atoms with E-state index in [-0.39, 0.29) is 22.8 Å². The fourth-order valence-electron chi connectivity index (χ4n) is 5.73. The second-order valence-corrected chi connectivity index (χ2v) is 11.3. The Morgan fingerprint density at radius 2 is 1.97 bits per heavy atom. The number of aromatic nitrogens is 2. The molecular formula is C24H26ClN3OS. The summed E-state index contributed by atoms with van der Waals surface area (Å²) in [6, 6.07) is 13.8. The van der Waals surface area contributed by atoms with Crippen molar-refractivity contribution < 1.29 is 4.79 Å². The fourth-order valence-corrected chi connectivity index (χ4v) is 6.63. The van der Waals surface area contributed by atoms with Crippen molar-refractivity contribution in [1.29, 1.82) is 0 Å². The molecule has 3 aromatic rings. The maximum Gasteiger partial charge on any atom is 0.272 e. The van der Waals surface area contributed by atoms with E-state index < -0.39 is 0 Å². The van der Waals surface area contributed by atoms with Crippen LogP contribution in [0.1, 0.15) is 50.5 Å². The lowest BCUT2D eigenvalue weighted by Crippen LogP contribution is -2.38. The first-order valence-corrected chi connectivity index (χ1v) is 11.7. The minimum absolute atomic E-state index is 0.0525. The molecular weight excluding hydrogens is 414 g/mol. The molecule has 3 heterocycles. The molecule has 2 atom stereocenters. The van der Waals surface area contributed by atoms with E-state index in [4.69, 9.17) is 16.7 Å². The van der Waals surface area contributed by atoms with Crippen molar-refractivity contribution in [3.05, 3.63) is 58.6 Å². The van der Waals surface area contributed by atoms with Gasteiger partial charge in [-0.25, -0.2) is 4.68 Å². The highest BCUT2D eigenvalue weighted by atomic mass is 35.5. The summed E-state index contributed by atoms with van der Waals surface area (Å²) in [6.45, 7) is 7.79. The van der Waals surface area contributed by atoms with Crippen LogP contribution in [0, 0.1) is 10.8 Å². The predicted molar refractivity (Wildman–Crippen MR) is 122 cm³/mol. The summed E-state index contributed by atoms with van der Waals surface area (Å²) >= 11 is 8.12. The van der Waals surface area contributed by atoms with Crippen LogP contribution in [-0.2, 0) is 0 Å². The van der Waals surface area contributed by atoms with Crippen molar-refractivity contribution in [2.45, 2.75) is 46.1 Å². The molecule has 2 unspecified atom stereocenters. The van der Waals surface area contributed by atoms with E-state index in [0.29, 0.717) is 10.7 Å². The van der Waals surface area contributed by atoms with Crippen LogP contribution in [0.3, 0.4) is 0 Å². The van der Waals surface area contributed by atoms with Crippen LogP contribution in [0.15, 0.2) is 47.8 Å². The molecule has 1 saturated carbocycles. The molecule has 1 saturated heterocycles. The van der Waals surface area contributed by atoms with Gasteiger partial charge in [0.1, 0.15) is 11.4 Å². The van der Waals surface area contributed by atoms with Gasteiger partial charge in [-0.1, -0.05) is 50.6 Å². The van der Waals surface area contributed by atoms with Gasteiger partial charge in [0.15, 0.2) is 0 Å². The SMILES string of the molecule is CC1(C)CC2CC(C)(CN2C(=O)c2cc(-c3cccs3)nn2-c2ccccc2Cl)C1. The number of thiophene rings is 1. The summed E-state index contributed by atoms with van der Waals surface area (Å²) in [7, 11) is 0. The number of amides is 1. The highest BCUT2D eigenvalue weighted by molar-refractivity contribution is 7.13. The van der Waals surface area contributed by atoms with Crippen molar-refractivity contribution in [3.8, 4) is 16.3 Å². The molecule has 0 radical (unpaired) electrons. The van der Waals surface area contributed by atoms with E-state index in [1.54, 1.807) is 16.0 Å². The third-order valence-electron chi connectivity index (χ3n) is 6.46. The number of carbonyl (C=O) groups excluding carboxylic acids is 1. The number of benzene rings is 1. The molecule has 1 aromatic carbocycles. The predicted octanol–water partition coefficient (Wildman–Crippen LogP) is 6.30. The van der Waals surface area contributed by atoms with Crippen LogP contribution in [0.4, 0.5) is 0 Å². The number of para-hydroxylation sites is 1. The summed E-state index contributed by atoms with van der Waals surface area (Å²) in [5.74, 6) is 0.0525. The lowest BCUT2D eigenvalue weighted by atomic mass is 9.65. The maximum absolute atomic E-state index is 13.9. The molecule has 5 rings (SSSR count). The molecule has 6 heteroatoms. The number of hydrogen-bond acceptors (Lipinski definition) is 3. The zero-order valence-corrected chi connectivity index (χ0v) is 19.1. The van der Waals surface area contributed by atoms with Crippen molar-refractivity contribution in [3.63, 3.8) is 0 Å². The number of fused-ring (bicyclic) bond motifs is 2. The molecule has 2 bridgehead atoms. The molecule has 1 aliphatic heterocycles. The molecule has 0 spiro atoms. The fraction of sp³-hybridized carbons (Fsp3) is 0.417. The number of nitrogens with zero attached hydrogens (tertiary/aromatic N) is 3. The lowest BCUT2D eigenvalue weighted by Gasteiger charge is -2.39. The molecule has 0 N–H and O–H groups in total. The van der Waals surface area contributed by atoms with Gasteiger partial charge in [-0.3, -0.25) is 4.79 Å². The van der Waals surface area contributed by atoms with Gasteiger partial charge in [0.05, 0.1) is 15.6 Å². The van der Waals surface area contributed by atoms with Crippen LogP contribution in [0.5, 0.6) is 0 Å². The van der Waals surface area contributed by atoms with Crippen LogP contribution < -0.4 is 0 Å². The van der Waals surface area contributed by atoms with Gasteiger partial charge in [-0.2, -0.15) is 5.10 Å². The van der Waals surface area contributed by atoms with Crippen molar-refractivity contribution in [2.75, 3.05) is 6.54 Å². The van der Waals surface area contributed by atoms with Crippen LogP contribution >= 0.6 is 22.9 Å². The Morgan fingerprint density at radius 1 is 1.17 bits per heavy atom. The van der Waals surface area contributed by atoms with Crippen molar-refractivity contribution in [2.24, 2.45) is 10.8 Å². The van der Waals surface area contributed by atoms with Gasteiger partial charge in [-0.15, -0.1) is 11.3 Å². The van der Waals surface area contributed by atoms with E-state index in [9.17, 15) is 4.79 Å². The number of carbonyl (C=O) groups is 1. The second-order valence-electron chi connectivity index (χ2n) is 9.90. The van der Waals surface area contributed by atoms with Crippen molar-refractivity contribution >= 4 is 28.8 Å². The number of hydrogen-bond donors (Lipinski definition) is 0. The number of likely N-dealkylation sites (tertiary alicyclic amines) is 1. The zero-order chi connectivity index (χ0) is 21.1. The first kappa shape index (κ1) is 19.8. The standard InChI is InChI=1S/C24H26ClN3OS/c1-23(2)12-16-13-24(3,14-23)15-27(16)22(29)20-11-18(21-9-6-10-30-21)26-28(20)19-8-5-4-7-17(19)25/h4-11,16H,12-15H2,1-3H3. The topological polar surface area (TPSA) is 38.1 Å². The van der Waals surface area contributed by atoms with Gasteiger partial charge in [-0.05, 0) is 59.7 Å². The quantitative estimate of drug-likeness (QED) is 0.480. The first-order valence-electron chi connectivity index (χ1n) is 10.4. The molecule has 1 amide bonds. The monoisotopic (exact) mass is 439 g/mol. The van der Waals surface area contributed by atoms with Crippen LogP contribution in [-0.4, -0.2) is 33.2 Å². The van der Waals surface area contributed by atoms with E-state index in [0.717, 1.165) is 42.1 Å². The van der Waals surface area contributed by atoms with Crippen molar-refractivity contribution in [1.82, 2.24) is 14.7 Å². The van der Waals surface area contributed by atoms with E-state index >= 15 is 0 Å². The molecule has 156 valence electrons. The zero-order valence-electron chi connectivity index (χ0n) is 17.6. The Morgan fingerprint density at radius 3 is 2.70 bits per heavy atom. The smallest absolute Gasteiger partial charge is 0.272 e. The molecule has 1 aliphatic carbocycles. The first-order chi connectivity index (χ1) is 14.2. The average Bonchev–Trinajstić information content (AvgIpc) is 3.38. The third kappa shape index (κ3) is 3.38. The highest BCUT2D eigenvalue weighted by Crippen LogP contribution is 2.52. The minimum Gasteiger partial charge on any atom is -0.334 e. The van der Waals surface area contributed by atoms with Gasteiger partial charge < -0.3 is 4.90 Å². The normalized spacial score (nSPS) is 24.9. The lowest BCUT2D eigenvalue weighted by molar-refractivity contribution is 0.0699. The summed E-state index contributed by atoms with van der Waals surface area (Å²) < 4.78 is 1.73. The summed E-state index contributed by atoms with van der Waals surface area (Å²) in [4.78, 5) is 17.0. The Balaban J connectivity index is 1.58. The van der Waals surface area contributed by atoms with E-state index in [2.05, 4.69) is 25.7 Å². The number of rotatable bonds is 3.